The summed E-state index contributed by atoms with van der Waals surface area (Å²) in [5, 5.41) is 6.30. The maximum atomic E-state index is 3.64. The third kappa shape index (κ3) is 3.32. The van der Waals surface area contributed by atoms with Crippen molar-refractivity contribution in [1.82, 2.24) is 5.32 Å². The first-order chi connectivity index (χ1) is 10.3. The van der Waals surface area contributed by atoms with Crippen LogP contribution in [0.5, 0.6) is 0 Å². The topological polar surface area (TPSA) is 12.0 Å². The summed E-state index contributed by atoms with van der Waals surface area (Å²) >= 11 is 0. The predicted octanol–water partition coefficient (Wildman–Crippen LogP) is 4.73. The highest BCUT2D eigenvalue weighted by Gasteiger charge is 2.08. The Hall–Kier alpha value is -2.12. The molecular formula is C20H21N. The zero-order chi connectivity index (χ0) is 14.5. The number of nitrogens with one attached hydrogen (secondary N) is 1. The molecule has 0 heterocycles. The average Bonchev–Trinajstić information content (AvgIpc) is 2.55. The molecule has 3 aromatic rings. The molecule has 0 saturated heterocycles. The SMILES string of the molecule is CC(NCCc1ccccc1)c1cccc2ccccc12. The molecule has 106 valence electrons. The molecule has 3 rings (SSSR count). The van der Waals surface area contributed by atoms with Gasteiger partial charge in [0.2, 0.25) is 0 Å². The van der Waals surface area contributed by atoms with Crippen LogP contribution in [0.4, 0.5) is 0 Å². The fourth-order valence-corrected chi connectivity index (χ4v) is 2.82. The molecule has 3 aromatic carbocycles. The molecule has 0 aliphatic carbocycles. The largest absolute Gasteiger partial charge is 0.310 e. The van der Waals surface area contributed by atoms with Crippen LogP contribution in [-0.2, 0) is 6.42 Å². The monoisotopic (exact) mass is 275 g/mol. The summed E-state index contributed by atoms with van der Waals surface area (Å²) in [6.07, 6.45) is 1.07. The van der Waals surface area contributed by atoms with E-state index in [4.69, 9.17) is 0 Å². The Bertz CT molecular complexity index is 698. The lowest BCUT2D eigenvalue weighted by atomic mass is 9.99. The van der Waals surface area contributed by atoms with Gasteiger partial charge in [-0.15, -0.1) is 0 Å². The Kier molecular flexibility index (Phi) is 4.32. The normalized spacial score (nSPS) is 12.4. The molecule has 1 N–H and O–H groups in total. The summed E-state index contributed by atoms with van der Waals surface area (Å²) < 4.78 is 0. The number of hydrogen-bond acceptors (Lipinski definition) is 1. The van der Waals surface area contributed by atoms with E-state index in [2.05, 4.69) is 85.0 Å². The molecule has 0 aliphatic rings. The lowest BCUT2D eigenvalue weighted by molar-refractivity contribution is 0.580. The fraction of sp³-hybridized carbons (Fsp3) is 0.200. The van der Waals surface area contributed by atoms with Gasteiger partial charge in [-0.05, 0) is 41.8 Å². The highest BCUT2D eigenvalue weighted by atomic mass is 14.9. The van der Waals surface area contributed by atoms with Crippen molar-refractivity contribution >= 4 is 10.8 Å². The van der Waals surface area contributed by atoms with Gasteiger partial charge in [0.1, 0.15) is 0 Å². The van der Waals surface area contributed by atoms with E-state index in [0.29, 0.717) is 6.04 Å². The van der Waals surface area contributed by atoms with Gasteiger partial charge < -0.3 is 5.32 Å². The summed E-state index contributed by atoms with van der Waals surface area (Å²) in [6.45, 7) is 3.24. The van der Waals surface area contributed by atoms with E-state index in [9.17, 15) is 0 Å². The van der Waals surface area contributed by atoms with Crippen molar-refractivity contribution in [3.8, 4) is 0 Å². The second-order valence-corrected chi connectivity index (χ2v) is 5.48. The van der Waals surface area contributed by atoms with Crippen molar-refractivity contribution in [3.63, 3.8) is 0 Å². The smallest absolute Gasteiger partial charge is 0.0298 e. The summed E-state index contributed by atoms with van der Waals surface area (Å²) in [4.78, 5) is 0. The van der Waals surface area contributed by atoms with Gasteiger partial charge in [-0.25, -0.2) is 0 Å². The predicted molar refractivity (Wildman–Crippen MR) is 90.5 cm³/mol. The van der Waals surface area contributed by atoms with Gasteiger partial charge >= 0.3 is 0 Å². The summed E-state index contributed by atoms with van der Waals surface area (Å²) in [5.41, 5.74) is 2.76. The van der Waals surface area contributed by atoms with Crippen LogP contribution in [-0.4, -0.2) is 6.54 Å². The minimum absolute atomic E-state index is 0.361. The van der Waals surface area contributed by atoms with Crippen LogP contribution < -0.4 is 5.32 Å². The lowest BCUT2D eigenvalue weighted by Crippen LogP contribution is -2.21. The minimum Gasteiger partial charge on any atom is -0.310 e. The van der Waals surface area contributed by atoms with Crippen molar-refractivity contribution in [2.45, 2.75) is 19.4 Å². The molecule has 0 bridgehead atoms. The molecule has 1 nitrogen and oxygen atoms in total. The van der Waals surface area contributed by atoms with Gasteiger partial charge in [-0.3, -0.25) is 0 Å². The summed E-state index contributed by atoms with van der Waals surface area (Å²) in [6, 6.07) is 26.1. The minimum atomic E-state index is 0.361. The maximum Gasteiger partial charge on any atom is 0.0298 e. The zero-order valence-corrected chi connectivity index (χ0v) is 12.4. The molecule has 0 saturated carbocycles. The molecule has 0 spiro atoms. The van der Waals surface area contributed by atoms with E-state index >= 15 is 0 Å². The van der Waals surface area contributed by atoms with Crippen molar-refractivity contribution in [2.75, 3.05) is 6.54 Å². The maximum absolute atomic E-state index is 3.64. The molecule has 1 heteroatoms. The first-order valence-corrected chi connectivity index (χ1v) is 7.59. The highest BCUT2D eigenvalue weighted by molar-refractivity contribution is 5.86. The molecule has 21 heavy (non-hydrogen) atoms. The van der Waals surface area contributed by atoms with Crippen molar-refractivity contribution in [3.05, 3.63) is 83.9 Å². The third-order valence-corrected chi connectivity index (χ3v) is 4.00. The zero-order valence-electron chi connectivity index (χ0n) is 12.4. The Balaban J connectivity index is 1.68. The van der Waals surface area contributed by atoms with E-state index in [1.807, 2.05) is 0 Å². The summed E-state index contributed by atoms with van der Waals surface area (Å²) in [7, 11) is 0. The Morgan fingerprint density at radius 1 is 0.810 bits per heavy atom. The van der Waals surface area contributed by atoms with Crippen LogP contribution in [0.2, 0.25) is 0 Å². The van der Waals surface area contributed by atoms with E-state index in [1.165, 1.54) is 21.9 Å². The van der Waals surface area contributed by atoms with Gasteiger partial charge in [0.25, 0.3) is 0 Å². The first-order valence-electron chi connectivity index (χ1n) is 7.59. The molecule has 1 unspecified atom stereocenters. The first kappa shape index (κ1) is 13.8. The number of rotatable bonds is 5. The van der Waals surface area contributed by atoms with Gasteiger partial charge in [0.15, 0.2) is 0 Å². The Morgan fingerprint density at radius 2 is 1.52 bits per heavy atom. The van der Waals surface area contributed by atoms with E-state index in [-0.39, 0.29) is 0 Å². The molecule has 0 fully saturated rings. The molecule has 1 atom stereocenters. The number of hydrogen-bond donors (Lipinski definition) is 1. The fourth-order valence-electron chi connectivity index (χ4n) is 2.82. The molecular weight excluding hydrogens is 254 g/mol. The van der Waals surface area contributed by atoms with Crippen LogP contribution in [0, 0.1) is 0 Å². The number of fused-ring (bicyclic) bond motifs is 1. The second kappa shape index (κ2) is 6.55. The molecule has 0 aliphatic heterocycles. The third-order valence-electron chi connectivity index (χ3n) is 4.00. The van der Waals surface area contributed by atoms with Crippen LogP contribution in [0.3, 0.4) is 0 Å². The quantitative estimate of drug-likeness (QED) is 0.709. The van der Waals surface area contributed by atoms with Crippen LogP contribution in [0.1, 0.15) is 24.1 Å². The highest BCUT2D eigenvalue weighted by Crippen LogP contribution is 2.23. The van der Waals surface area contributed by atoms with E-state index in [1.54, 1.807) is 0 Å². The van der Waals surface area contributed by atoms with Crippen molar-refractivity contribution in [1.29, 1.82) is 0 Å². The van der Waals surface area contributed by atoms with Gasteiger partial charge in [0.05, 0.1) is 0 Å². The average molecular weight is 275 g/mol. The lowest BCUT2D eigenvalue weighted by Gasteiger charge is -2.16. The Labute approximate surface area is 126 Å². The second-order valence-electron chi connectivity index (χ2n) is 5.48. The molecule has 0 radical (unpaired) electrons. The van der Waals surface area contributed by atoms with Gasteiger partial charge in [-0.2, -0.15) is 0 Å². The van der Waals surface area contributed by atoms with Gasteiger partial charge in [0, 0.05) is 6.04 Å². The number of benzene rings is 3. The molecule has 0 amide bonds. The van der Waals surface area contributed by atoms with Crippen LogP contribution in [0.25, 0.3) is 10.8 Å². The van der Waals surface area contributed by atoms with E-state index in [0.717, 1.165) is 13.0 Å². The van der Waals surface area contributed by atoms with Crippen LogP contribution >= 0.6 is 0 Å². The van der Waals surface area contributed by atoms with Crippen molar-refractivity contribution < 1.29 is 0 Å². The summed E-state index contributed by atoms with van der Waals surface area (Å²) in [5.74, 6) is 0. The Morgan fingerprint density at radius 3 is 2.38 bits per heavy atom. The van der Waals surface area contributed by atoms with Crippen molar-refractivity contribution in [2.24, 2.45) is 0 Å². The van der Waals surface area contributed by atoms with Gasteiger partial charge in [-0.1, -0.05) is 72.8 Å². The standard InChI is InChI=1S/C20H21N/c1-16(21-15-14-17-8-3-2-4-9-17)19-13-7-11-18-10-5-6-12-20(18)19/h2-13,16,21H,14-15H2,1H3. The molecule has 0 aromatic heterocycles. The van der Waals surface area contributed by atoms with E-state index < -0.39 is 0 Å². The van der Waals surface area contributed by atoms with Crippen LogP contribution in [0.15, 0.2) is 72.8 Å².